The maximum atomic E-state index is 12.8. The predicted octanol–water partition coefficient (Wildman–Crippen LogP) is 3.23. The summed E-state index contributed by atoms with van der Waals surface area (Å²) in [7, 11) is 1.67. The van der Waals surface area contributed by atoms with Crippen molar-refractivity contribution in [3.8, 4) is 17.2 Å². The Balaban J connectivity index is 1.24. The molecule has 1 fully saturated rings. The second-order valence-electron chi connectivity index (χ2n) is 7.49. The molecule has 0 N–H and O–H groups in total. The normalized spacial score (nSPS) is 15.7. The molecule has 7 nitrogen and oxygen atoms in total. The second kappa shape index (κ2) is 7.68. The molecule has 1 aromatic heterocycles. The molecule has 30 heavy (non-hydrogen) atoms. The number of amides is 1. The van der Waals surface area contributed by atoms with E-state index in [1.54, 1.807) is 18.4 Å². The van der Waals surface area contributed by atoms with Crippen molar-refractivity contribution >= 4 is 32.6 Å². The summed E-state index contributed by atoms with van der Waals surface area (Å²) in [5.41, 5.74) is 3.06. The van der Waals surface area contributed by atoms with Crippen LogP contribution in [0.4, 0.5) is 5.13 Å². The Hall–Kier alpha value is -3.00. The number of anilines is 1. The number of rotatable bonds is 4. The zero-order valence-electron chi connectivity index (χ0n) is 17.0. The Morgan fingerprint density at radius 2 is 1.93 bits per heavy atom. The van der Waals surface area contributed by atoms with Crippen LogP contribution < -0.4 is 19.1 Å². The van der Waals surface area contributed by atoms with Crippen molar-refractivity contribution in [3.05, 3.63) is 41.5 Å². The minimum Gasteiger partial charge on any atom is -0.494 e. The van der Waals surface area contributed by atoms with Crippen LogP contribution in [-0.4, -0.2) is 55.9 Å². The highest BCUT2D eigenvalue weighted by Gasteiger charge is 2.24. The molecule has 156 valence electrons. The van der Waals surface area contributed by atoms with Crippen LogP contribution in [0.1, 0.15) is 11.1 Å². The summed E-state index contributed by atoms with van der Waals surface area (Å²) in [5.74, 6) is 2.39. The average molecular weight is 426 g/mol. The lowest BCUT2D eigenvalue weighted by Gasteiger charge is -2.34. The largest absolute Gasteiger partial charge is 0.494 e. The summed E-state index contributed by atoms with van der Waals surface area (Å²) < 4.78 is 17.4. The van der Waals surface area contributed by atoms with Gasteiger partial charge in [0.05, 0.1) is 18.2 Å². The molecule has 2 aromatic carbocycles. The van der Waals surface area contributed by atoms with Gasteiger partial charge in [-0.05, 0) is 36.2 Å². The number of nitrogens with zero attached hydrogens (tertiary/aromatic N) is 3. The highest BCUT2D eigenvalue weighted by Crippen LogP contribution is 2.37. The maximum absolute atomic E-state index is 12.8. The quantitative estimate of drug-likeness (QED) is 0.640. The Kier molecular flexibility index (Phi) is 4.86. The standard InChI is InChI=1S/C22H23N3O4S/c1-14-3-5-17(27-2)20-21(14)30-22(23-20)25-9-7-24(8-10-25)19(26)12-15-4-6-16-18(11-15)29-13-28-16/h3-6,11H,7-10,12-13H2,1-2H3. The number of carbonyl (C=O) groups excluding carboxylic acids is 1. The number of hydrogen-bond donors (Lipinski definition) is 0. The zero-order valence-corrected chi connectivity index (χ0v) is 17.8. The Labute approximate surface area is 178 Å². The predicted molar refractivity (Wildman–Crippen MR) is 116 cm³/mol. The lowest BCUT2D eigenvalue weighted by Crippen LogP contribution is -2.49. The summed E-state index contributed by atoms with van der Waals surface area (Å²) in [6.45, 7) is 5.26. The number of aromatic nitrogens is 1. The number of ether oxygens (including phenoxy) is 3. The molecule has 2 aliphatic rings. The molecule has 8 heteroatoms. The molecule has 1 amide bonds. The molecular formula is C22H23N3O4S. The minimum atomic E-state index is 0.135. The number of carbonyl (C=O) groups is 1. The molecule has 1 saturated heterocycles. The molecule has 0 atom stereocenters. The first-order valence-corrected chi connectivity index (χ1v) is 10.8. The van der Waals surface area contributed by atoms with Gasteiger partial charge in [-0.3, -0.25) is 4.79 Å². The number of aryl methyl sites for hydroxylation is 1. The van der Waals surface area contributed by atoms with Gasteiger partial charge in [-0.2, -0.15) is 0 Å². The van der Waals surface area contributed by atoms with Crippen molar-refractivity contribution in [2.75, 3.05) is 45.0 Å². The SMILES string of the molecule is COc1ccc(C)c2sc(N3CCN(C(=O)Cc4ccc5c(c4)OCO5)CC3)nc12. The van der Waals surface area contributed by atoms with Gasteiger partial charge in [0.15, 0.2) is 16.6 Å². The van der Waals surface area contributed by atoms with Gasteiger partial charge in [-0.1, -0.05) is 23.5 Å². The highest BCUT2D eigenvalue weighted by atomic mass is 32.1. The van der Waals surface area contributed by atoms with Crippen molar-refractivity contribution < 1.29 is 19.0 Å². The van der Waals surface area contributed by atoms with Gasteiger partial charge in [-0.25, -0.2) is 4.98 Å². The summed E-state index contributed by atoms with van der Waals surface area (Å²) in [4.78, 5) is 21.8. The monoisotopic (exact) mass is 425 g/mol. The van der Waals surface area contributed by atoms with Gasteiger partial charge in [0, 0.05) is 26.2 Å². The first kappa shape index (κ1) is 19.0. The van der Waals surface area contributed by atoms with Crippen LogP contribution in [0.5, 0.6) is 17.2 Å². The van der Waals surface area contributed by atoms with E-state index in [9.17, 15) is 4.79 Å². The van der Waals surface area contributed by atoms with Crippen LogP contribution in [0, 0.1) is 6.92 Å². The van der Waals surface area contributed by atoms with E-state index in [0.29, 0.717) is 25.3 Å². The van der Waals surface area contributed by atoms with E-state index in [0.717, 1.165) is 45.5 Å². The molecule has 0 bridgehead atoms. The lowest BCUT2D eigenvalue weighted by atomic mass is 10.1. The highest BCUT2D eigenvalue weighted by molar-refractivity contribution is 7.22. The van der Waals surface area contributed by atoms with Gasteiger partial charge < -0.3 is 24.0 Å². The Morgan fingerprint density at radius 1 is 1.13 bits per heavy atom. The minimum absolute atomic E-state index is 0.135. The first-order valence-electron chi connectivity index (χ1n) is 9.98. The van der Waals surface area contributed by atoms with E-state index in [1.165, 1.54) is 5.56 Å². The Morgan fingerprint density at radius 3 is 2.73 bits per heavy atom. The van der Waals surface area contributed by atoms with Gasteiger partial charge in [0.2, 0.25) is 12.7 Å². The summed E-state index contributed by atoms with van der Waals surface area (Å²) in [6.07, 6.45) is 0.369. The lowest BCUT2D eigenvalue weighted by molar-refractivity contribution is -0.130. The molecule has 0 aliphatic carbocycles. The maximum Gasteiger partial charge on any atom is 0.231 e. The number of thiazole rings is 1. The molecule has 2 aliphatic heterocycles. The van der Waals surface area contributed by atoms with Crippen molar-refractivity contribution in [1.82, 2.24) is 9.88 Å². The van der Waals surface area contributed by atoms with E-state index < -0.39 is 0 Å². The number of benzene rings is 2. The van der Waals surface area contributed by atoms with Gasteiger partial charge in [0.25, 0.3) is 0 Å². The second-order valence-corrected chi connectivity index (χ2v) is 8.47. The summed E-state index contributed by atoms with van der Waals surface area (Å²) >= 11 is 1.69. The van der Waals surface area contributed by atoms with Crippen LogP contribution in [0.3, 0.4) is 0 Å². The molecule has 0 radical (unpaired) electrons. The Bertz CT molecular complexity index is 1110. The fraction of sp³-hybridized carbons (Fsp3) is 0.364. The molecule has 0 saturated carbocycles. The van der Waals surface area contributed by atoms with Crippen molar-refractivity contribution in [3.63, 3.8) is 0 Å². The number of piperazine rings is 1. The molecule has 0 spiro atoms. The van der Waals surface area contributed by atoms with E-state index in [4.69, 9.17) is 19.2 Å². The third kappa shape index (κ3) is 3.41. The third-order valence-electron chi connectivity index (χ3n) is 5.61. The molecular weight excluding hydrogens is 402 g/mol. The number of hydrogen-bond acceptors (Lipinski definition) is 7. The number of fused-ring (bicyclic) bond motifs is 2. The first-order chi connectivity index (χ1) is 14.6. The van der Waals surface area contributed by atoms with Crippen LogP contribution in [0.25, 0.3) is 10.2 Å². The zero-order chi connectivity index (χ0) is 20.7. The van der Waals surface area contributed by atoms with E-state index in [2.05, 4.69) is 17.9 Å². The topological polar surface area (TPSA) is 64.1 Å². The van der Waals surface area contributed by atoms with E-state index >= 15 is 0 Å². The van der Waals surface area contributed by atoms with Gasteiger partial charge >= 0.3 is 0 Å². The fourth-order valence-electron chi connectivity index (χ4n) is 3.88. The van der Waals surface area contributed by atoms with Gasteiger partial charge in [-0.15, -0.1) is 0 Å². The van der Waals surface area contributed by atoms with Crippen molar-refractivity contribution in [2.45, 2.75) is 13.3 Å². The van der Waals surface area contributed by atoms with Crippen LogP contribution in [0.2, 0.25) is 0 Å². The van der Waals surface area contributed by atoms with Crippen molar-refractivity contribution in [2.24, 2.45) is 0 Å². The molecule has 3 aromatic rings. The molecule has 0 unspecified atom stereocenters. The van der Waals surface area contributed by atoms with Crippen LogP contribution >= 0.6 is 11.3 Å². The molecule has 5 rings (SSSR count). The van der Waals surface area contributed by atoms with Crippen molar-refractivity contribution in [1.29, 1.82) is 0 Å². The number of methoxy groups -OCH3 is 1. The van der Waals surface area contributed by atoms with Crippen LogP contribution in [0.15, 0.2) is 30.3 Å². The molecule has 3 heterocycles. The van der Waals surface area contributed by atoms with E-state index in [-0.39, 0.29) is 12.7 Å². The fourth-order valence-corrected chi connectivity index (χ4v) is 4.99. The average Bonchev–Trinajstić information content (AvgIpc) is 3.41. The smallest absolute Gasteiger partial charge is 0.231 e. The summed E-state index contributed by atoms with van der Waals surface area (Å²) in [5, 5.41) is 0.987. The third-order valence-corrected chi connectivity index (χ3v) is 6.86. The van der Waals surface area contributed by atoms with E-state index in [1.807, 2.05) is 29.2 Å². The van der Waals surface area contributed by atoms with Gasteiger partial charge in [0.1, 0.15) is 11.3 Å². The van der Waals surface area contributed by atoms with Crippen LogP contribution in [-0.2, 0) is 11.2 Å². The summed E-state index contributed by atoms with van der Waals surface area (Å²) in [6, 6.07) is 9.72.